The van der Waals surface area contributed by atoms with Gasteiger partial charge in [-0.3, -0.25) is 0 Å². The van der Waals surface area contributed by atoms with Crippen molar-refractivity contribution in [1.82, 2.24) is 14.8 Å². The summed E-state index contributed by atoms with van der Waals surface area (Å²) in [5.74, 6) is 2.12. The predicted molar refractivity (Wildman–Crippen MR) is 129 cm³/mol. The van der Waals surface area contributed by atoms with Gasteiger partial charge >= 0.3 is 0 Å². The normalized spacial score (nSPS) is 18.1. The number of hydrogen-bond acceptors (Lipinski definition) is 6. The number of rotatable bonds is 4. The van der Waals surface area contributed by atoms with Crippen LogP contribution >= 0.6 is 11.6 Å². The van der Waals surface area contributed by atoms with Gasteiger partial charge in [-0.05, 0) is 48.0 Å². The largest absolute Gasteiger partial charge is 0.493 e. The molecule has 2 aliphatic rings. The van der Waals surface area contributed by atoms with E-state index >= 15 is 0 Å². The summed E-state index contributed by atoms with van der Waals surface area (Å²) in [4.78, 5) is 4.41. The van der Waals surface area contributed by atoms with Gasteiger partial charge in [0.25, 0.3) is 0 Å². The lowest BCUT2D eigenvalue weighted by Gasteiger charge is -2.39. The van der Waals surface area contributed by atoms with Gasteiger partial charge in [0, 0.05) is 21.7 Å². The third-order valence-corrected chi connectivity index (χ3v) is 6.51. The van der Waals surface area contributed by atoms with Crippen LogP contribution in [0.3, 0.4) is 0 Å². The minimum absolute atomic E-state index is 0.316. The first-order valence-corrected chi connectivity index (χ1v) is 11.3. The van der Waals surface area contributed by atoms with Crippen LogP contribution in [0.15, 0.2) is 72.6 Å². The van der Waals surface area contributed by atoms with E-state index in [1.165, 1.54) is 18.5 Å². The maximum Gasteiger partial charge on any atom is 0.226 e. The minimum Gasteiger partial charge on any atom is -0.493 e. The summed E-state index contributed by atoms with van der Waals surface area (Å²) in [6, 6.07) is 17.2. The lowest BCUT2D eigenvalue weighted by molar-refractivity contribution is 0.222. The average molecular weight is 491 g/mol. The van der Waals surface area contributed by atoms with Gasteiger partial charge in [0.15, 0.2) is 11.5 Å². The first kappa shape index (κ1) is 21.5. The van der Waals surface area contributed by atoms with Crippen molar-refractivity contribution in [1.29, 1.82) is 0 Å². The third kappa shape index (κ3) is 3.49. The standard InChI is InChI=1S/C26H20ClFN4O3/c1-33-20-9-5-15(11-21(20)34-2)25-22-23(18-12-16(27)6-10-19(18)35-25)31-26-29-13-30-32(26)24(22)14-3-7-17(28)8-4-14/h3-13,24-25H,1-2H3,(H,29,30,31)/t24-,25-/m1/s1. The summed E-state index contributed by atoms with van der Waals surface area (Å²) in [6.07, 6.45) is 0.973. The van der Waals surface area contributed by atoms with Crippen molar-refractivity contribution in [3.05, 3.63) is 100 Å². The Balaban J connectivity index is 1.61. The van der Waals surface area contributed by atoms with E-state index in [9.17, 15) is 4.39 Å². The van der Waals surface area contributed by atoms with Crippen molar-refractivity contribution < 1.29 is 18.6 Å². The molecule has 6 rings (SSSR count). The molecule has 0 amide bonds. The summed E-state index contributed by atoms with van der Waals surface area (Å²) in [7, 11) is 3.19. The number of halogens is 2. The van der Waals surface area contributed by atoms with E-state index in [0.29, 0.717) is 28.2 Å². The fourth-order valence-electron chi connectivity index (χ4n) is 4.70. The van der Waals surface area contributed by atoms with Gasteiger partial charge in [-0.25, -0.2) is 9.07 Å². The number of aromatic nitrogens is 3. The summed E-state index contributed by atoms with van der Waals surface area (Å²) in [5, 5.41) is 8.48. The molecule has 0 unspecified atom stereocenters. The Kier molecular flexibility index (Phi) is 5.11. The lowest BCUT2D eigenvalue weighted by Crippen LogP contribution is -2.32. The minimum atomic E-state index is -0.515. The topological polar surface area (TPSA) is 70.4 Å². The molecule has 7 nitrogen and oxygen atoms in total. The summed E-state index contributed by atoms with van der Waals surface area (Å²) in [6.45, 7) is 0. The molecule has 3 aromatic carbocycles. The van der Waals surface area contributed by atoms with Crippen molar-refractivity contribution in [3.8, 4) is 17.2 Å². The quantitative estimate of drug-likeness (QED) is 0.399. The number of nitrogens with one attached hydrogen (secondary N) is 1. The molecular weight excluding hydrogens is 471 g/mol. The summed E-state index contributed by atoms with van der Waals surface area (Å²) < 4.78 is 33.2. The van der Waals surface area contributed by atoms with E-state index in [1.807, 2.05) is 30.3 Å². The Hall–Kier alpha value is -4.04. The van der Waals surface area contributed by atoms with Gasteiger partial charge < -0.3 is 19.5 Å². The molecule has 0 bridgehead atoms. The number of nitrogens with zero attached hydrogens (tertiary/aromatic N) is 3. The van der Waals surface area contributed by atoms with Crippen LogP contribution in [0.2, 0.25) is 5.02 Å². The van der Waals surface area contributed by atoms with Crippen LogP contribution in [0.25, 0.3) is 5.70 Å². The fourth-order valence-corrected chi connectivity index (χ4v) is 4.87. The van der Waals surface area contributed by atoms with Crippen LogP contribution in [0.1, 0.15) is 28.8 Å². The zero-order valence-corrected chi connectivity index (χ0v) is 19.6. The van der Waals surface area contributed by atoms with E-state index in [-0.39, 0.29) is 5.82 Å². The van der Waals surface area contributed by atoms with Gasteiger partial charge in [0.1, 0.15) is 30.0 Å². The number of methoxy groups -OCH3 is 2. The average Bonchev–Trinajstić information content (AvgIpc) is 3.35. The van der Waals surface area contributed by atoms with E-state index < -0.39 is 12.1 Å². The second kappa shape index (κ2) is 8.32. The van der Waals surface area contributed by atoms with Crippen LogP contribution in [0, 0.1) is 5.82 Å². The van der Waals surface area contributed by atoms with Crippen LogP contribution in [0.4, 0.5) is 10.3 Å². The van der Waals surface area contributed by atoms with Crippen LogP contribution in [-0.2, 0) is 0 Å². The number of fused-ring (bicyclic) bond motifs is 3. The van der Waals surface area contributed by atoms with Crippen molar-refractivity contribution >= 4 is 23.2 Å². The van der Waals surface area contributed by atoms with E-state index in [1.54, 1.807) is 37.1 Å². The number of ether oxygens (including phenoxy) is 3. The molecule has 3 heterocycles. The zero-order valence-electron chi connectivity index (χ0n) is 18.8. The molecule has 0 spiro atoms. The maximum atomic E-state index is 13.8. The van der Waals surface area contributed by atoms with Gasteiger partial charge in [-0.2, -0.15) is 10.1 Å². The highest BCUT2D eigenvalue weighted by atomic mass is 35.5. The Bertz CT molecular complexity index is 1470. The molecular formula is C26H20ClFN4O3. The number of hydrogen-bond donors (Lipinski definition) is 1. The second-order valence-electron chi connectivity index (χ2n) is 8.19. The Morgan fingerprint density at radius 2 is 1.74 bits per heavy atom. The molecule has 2 atom stereocenters. The van der Waals surface area contributed by atoms with Gasteiger partial charge in [0.05, 0.1) is 19.9 Å². The van der Waals surface area contributed by atoms with E-state index in [4.69, 9.17) is 25.8 Å². The molecule has 2 aliphatic heterocycles. The second-order valence-corrected chi connectivity index (χ2v) is 8.63. The molecule has 0 fully saturated rings. The summed E-state index contributed by atoms with van der Waals surface area (Å²) >= 11 is 6.37. The van der Waals surface area contributed by atoms with Crippen LogP contribution in [0.5, 0.6) is 17.2 Å². The van der Waals surface area contributed by atoms with Crippen LogP contribution in [-0.4, -0.2) is 29.0 Å². The number of anilines is 1. The van der Waals surface area contributed by atoms with Gasteiger partial charge in [0.2, 0.25) is 5.95 Å². The molecule has 1 aromatic heterocycles. The lowest BCUT2D eigenvalue weighted by atomic mass is 9.84. The summed E-state index contributed by atoms with van der Waals surface area (Å²) in [5.41, 5.74) is 4.21. The van der Waals surface area contributed by atoms with Crippen molar-refractivity contribution in [2.75, 3.05) is 19.5 Å². The third-order valence-electron chi connectivity index (χ3n) is 6.27. The molecule has 35 heavy (non-hydrogen) atoms. The SMILES string of the molecule is COc1ccc([C@H]2Oc3ccc(Cl)cc3C3=C2[C@@H](c2ccc(F)cc2)n2ncnc2N3)cc1OC. The van der Waals surface area contributed by atoms with E-state index in [0.717, 1.165) is 28.0 Å². The highest BCUT2D eigenvalue weighted by Crippen LogP contribution is 2.51. The molecule has 176 valence electrons. The molecule has 0 aliphatic carbocycles. The Morgan fingerprint density at radius 1 is 0.971 bits per heavy atom. The maximum absolute atomic E-state index is 13.8. The van der Waals surface area contributed by atoms with E-state index in [2.05, 4.69) is 15.4 Å². The van der Waals surface area contributed by atoms with Gasteiger partial charge in [-0.1, -0.05) is 29.8 Å². The molecule has 4 aromatic rings. The highest BCUT2D eigenvalue weighted by molar-refractivity contribution is 6.30. The first-order valence-electron chi connectivity index (χ1n) is 10.9. The molecule has 0 saturated heterocycles. The van der Waals surface area contributed by atoms with Crippen molar-refractivity contribution in [2.45, 2.75) is 12.1 Å². The van der Waals surface area contributed by atoms with Crippen LogP contribution < -0.4 is 19.5 Å². The van der Waals surface area contributed by atoms with Crippen molar-refractivity contribution in [3.63, 3.8) is 0 Å². The molecule has 9 heteroatoms. The number of benzene rings is 3. The fraction of sp³-hybridized carbons (Fsp3) is 0.154. The molecule has 0 radical (unpaired) electrons. The molecule has 1 N–H and O–H groups in total. The smallest absolute Gasteiger partial charge is 0.226 e. The highest BCUT2D eigenvalue weighted by Gasteiger charge is 2.41. The monoisotopic (exact) mass is 490 g/mol. The predicted octanol–water partition coefficient (Wildman–Crippen LogP) is 5.65. The van der Waals surface area contributed by atoms with Crippen molar-refractivity contribution in [2.24, 2.45) is 0 Å². The zero-order chi connectivity index (χ0) is 24.1. The first-order chi connectivity index (χ1) is 17.1. The molecule has 0 saturated carbocycles. The van der Waals surface area contributed by atoms with Gasteiger partial charge in [-0.15, -0.1) is 0 Å². The Labute approximate surface area is 205 Å². The Morgan fingerprint density at radius 3 is 2.51 bits per heavy atom.